The quantitative estimate of drug-likeness (QED) is 0.679. The fourth-order valence-corrected chi connectivity index (χ4v) is 4.56. The molecule has 1 aliphatic heterocycles. The van der Waals surface area contributed by atoms with E-state index in [0.29, 0.717) is 18.8 Å². The van der Waals surface area contributed by atoms with Crippen molar-refractivity contribution in [2.45, 2.75) is 44.9 Å². The van der Waals surface area contributed by atoms with Crippen molar-refractivity contribution >= 4 is 17.7 Å². The van der Waals surface area contributed by atoms with E-state index in [2.05, 4.69) is 21.3 Å². The fraction of sp³-hybridized carbons (Fsp3) is 0.500. The van der Waals surface area contributed by atoms with E-state index >= 15 is 0 Å². The molecule has 1 aromatic heterocycles. The van der Waals surface area contributed by atoms with Gasteiger partial charge in [0.05, 0.1) is 0 Å². The standard InChI is InChI=1S/C26H34N4O3/c31-25(21-7-2-1-3-8-21)28-23-11-13-24(14-12-23)33-26(32)30-19-17-29(18-20-30)16-6-10-22-9-4-5-15-27-22/h4-5,9,11-15,21H,1-3,6-8,10,16-20H2,(H,28,31). The largest absolute Gasteiger partial charge is 0.415 e. The lowest BCUT2D eigenvalue weighted by molar-refractivity contribution is -0.120. The molecule has 0 radical (unpaired) electrons. The summed E-state index contributed by atoms with van der Waals surface area (Å²) in [4.78, 5) is 33.5. The molecule has 4 rings (SSSR count). The molecular weight excluding hydrogens is 416 g/mol. The van der Waals surface area contributed by atoms with Crippen molar-refractivity contribution in [3.63, 3.8) is 0 Å². The maximum atomic E-state index is 12.5. The predicted octanol–water partition coefficient (Wildman–Crippen LogP) is 4.35. The number of ether oxygens (including phenoxy) is 1. The van der Waals surface area contributed by atoms with Crippen LogP contribution in [0, 0.1) is 5.92 Å². The van der Waals surface area contributed by atoms with Crippen molar-refractivity contribution in [3.05, 3.63) is 54.4 Å². The molecule has 0 bridgehead atoms. The Balaban J connectivity index is 1.16. The first kappa shape index (κ1) is 23.2. The third kappa shape index (κ3) is 7.02. The van der Waals surface area contributed by atoms with Crippen molar-refractivity contribution in [2.24, 2.45) is 5.92 Å². The Morgan fingerprint density at radius 2 is 1.73 bits per heavy atom. The number of benzene rings is 1. The number of nitrogens with zero attached hydrogens (tertiary/aromatic N) is 3. The van der Waals surface area contributed by atoms with Crippen LogP contribution in [-0.4, -0.2) is 59.5 Å². The minimum absolute atomic E-state index is 0.0948. The number of nitrogens with one attached hydrogen (secondary N) is 1. The number of aryl methyl sites for hydroxylation is 1. The van der Waals surface area contributed by atoms with Crippen molar-refractivity contribution in [3.8, 4) is 5.75 Å². The lowest BCUT2D eigenvalue weighted by Gasteiger charge is -2.34. The lowest BCUT2D eigenvalue weighted by atomic mass is 9.88. The first-order valence-electron chi connectivity index (χ1n) is 12.2. The molecule has 1 saturated heterocycles. The van der Waals surface area contributed by atoms with Gasteiger partial charge in [-0.2, -0.15) is 0 Å². The van der Waals surface area contributed by atoms with Gasteiger partial charge < -0.3 is 15.0 Å². The Morgan fingerprint density at radius 1 is 0.970 bits per heavy atom. The summed E-state index contributed by atoms with van der Waals surface area (Å²) in [5.41, 5.74) is 1.86. The molecule has 1 aromatic carbocycles. The number of aromatic nitrogens is 1. The number of rotatable bonds is 7. The van der Waals surface area contributed by atoms with Crippen LogP contribution in [0.3, 0.4) is 0 Å². The lowest BCUT2D eigenvalue weighted by Crippen LogP contribution is -2.49. The van der Waals surface area contributed by atoms with E-state index in [1.165, 1.54) is 6.42 Å². The summed E-state index contributed by atoms with van der Waals surface area (Å²) in [5.74, 6) is 0.704. The van der Waals surface area contributed by atoms with Crippen molar-refractivity contribution in [1.82, 2.24) is 14.8 Å². The molecule has 0 atom stereocenters. The molecule has 2 amide bonds. The molecule has 2 aliphatic rings. The van der Waals surface area contributed by atoms with Gasteiger partial charge in [0, 0.05) is 49.7 Å². The van der Waals surface area contributed by atoms with Gasteiger partial charge in [0.15, 0.2) is 0 Å². The van der Waals surface area contributed by atoms with Gasteiger partial charge in [0.1, 0.15) is 5.75 Å². The Bertz CT molecular complexity index is 890. The smallest absolute Gasteiger partial charge is 0.410 e. The van der Waals surface area contributed by atoms with Crippen LogP contribution >= 0.6 is 0 Å². The second-order valence-electron chi connectivity index (χ2n) is 8.97. The molecule has 7 heteroatoms. The van der Waals surface area contributed by atoms with E-state index in [1.807, 2.05) is 18.3 Å². The summed E-state index contributed by atoms with van der Waals surface area (Å²) in [5, 5.41) is 2.99. The van der Waals surface area contributed by atoms with Gasteiger partial charge in [-0.1, -0.05) is 25.3 Å². The van der Waals surface area contributed by atoms with Gasteiger partial charge in [-0.15, -0.1) is 0 Å². The minimum atomic E-state index is -0.317. The van der Waals surface area contributed by atoms with E-state index in [9.17, 15) is 9.59 Å². The zero-order valence-corrected chi connectivity index (χ0v) is 19.2. The highest BCUT2D eigenvalue weighted by molar-refractivity contribution is 5.92. The predicted molar refractivity (Wildman–Crippen MR) is 128 cm³/mol. The van der Waals surface area contributed by atoms with Crippen LogP contribution < -0.4 is 10.1 Å². The summed E-state index contributed by atoms with van der Waals surface area (Å²) in [6.45, 7) is 4.04. The Hall–Kier alpha value is -2.93. The summed E-state index contributed by atoms with van der Waals surface area (Å²) in [6, 6.07) is 13.1. The number of carbonyl (C=O) groups is 2. The van der Waals surface area contributed by atoms with Crippen LogP contribution in [0.5, 0.6) is 5.75 Å². The molecule has 0 spiro atoms. The molecule has 7 nitrogen and oxygen atoms in total. The first-order valence-corrected chi connectivity index (χ1v) is 12.2. The van der Waals surface area contributed by atoms with E-state index < -0.39 is 0 Å². The van der Waals surface area contributed by atoms with Gasteiger partial charge in [0.25, 0.3) is 0 Å². The first-order chi connectivity index (χ1) is 16.2. The average Bonchev–Trinajstić information content (AvgIpc) is 2.87. The summed E-state index contributed by atoms with van der Waals surface area (Å²) >= 11 is 0. The molecule has 1 N–H and O–H groups in total. The topological polar surface area (TPSA) is 74.8 Å². The number of anilines is 1. The van der Waals surface area contributed by atoms with Gasteiger partial charge in [-0.05, 0) is 68.6 Å². The number of carbonyl (C=O) groups excluding carboxylic acids is 2. The van der Waals surface area contributed by atoms with Crippen molar-refractivity contribution in [1.29, 1.82) is 0 Å². The third-order valence-corrected chi connectivity index (χ3v) is 6.57. The van der Waals surface area contributed by atoms with E-state index in [0.717, 1.165) is 69.5 Å². The van der Waals surface area contributed by atoms with Crippen LogP contribution in [0.1, 0.15) is 44.2 Å². The maximum Gasteiger partial charge on any atom is 0.415 e. The van der Waals surface area contributed by atoms with Crippen LogP contribution in [0.15, 0.2) is 48.7 Å². The molecule has 0 unspecified atom stereocenters. The number of pyridine rings is 1. The second-order valence-corrected chi connectivity index (χ2v) is 8.97. The zero-order valence-electron chi connectivity index (χ0n) is 19.2. The van der Waals surface area contributed by atoms with E-state index in [1.54, 1.807) is 29.2 Å². The highest BCUT2D eigenvalue weighted by Gasteiger charge is 2.23. The molecular formula is C26H34N4O3. The van der Waals surface area contributed by atoms with Crippen LogP contribution in [0.4, 0.5) is 10.5 Å². The normalized spacial score (nSPS) is 17.5. The van der Waals surface area contributed by atoms with Gasteiger partial charge in [0.2, 0.25) is 5.91 Å². The van der Waals surface area contributed by atoms with Gasteiger partial charge in [-0.25, -0.2) is 4.79 Å². The zero-order chi connectivity index (χ0) is 22.9. The Morgan fingerprint density at radius 3 is 2.42 bits per heavy atom. The molecule has 1 aliphatic carbocycles. The number of amides is 2. The van der Waals surface area contributed by atoms with Gasteiger partial charge in [-0.3, -0.25) is 14.7 Å². The number of hydrogen-bond donors (Lipinski definition) is 1. The highest BCUT2D eigenvalue weighted by Crippen LogP contribution is 2.25. The molecule has 33 heavy (non-hydrogen) atoms. The summed E-state index contributed by atoms with van der Waals surface area (Å²) in [6.07, 6.45) is 8.98. The molecule has 2 fully saturated rings. The Kier molecular flexibility index (Phi) is 8.30. The minimum Gasteiger partial charge on any atom is -0.410 e. The highest BCUT2D eigenvalue weighted by atomic mass is 16.6. The van der Waals surface area contributed by atoms with Crippen molar-refractivity contribution < 1.29 is 14.3 Å². The van der Waals surface area contributed by atoms with E-state index in [-0.39, 0.29) is 17.9 Å². The molecule has 2 aromatic rings. The average molecular weight is 451 g/mol. The molecule has 1 saturated carbocycles. The SMILES string of the molecule is O=C(Nc1ccc(OC(=O)N2CCN(CCCc3ccccn3)CC2)cc1)C1CCCCC1. The van der Waals surface area contributed by atoms with Crippen LogP contribution in [-0.2, 0) is 11.2 Å². The third-order valence-electron chi connectivity index (χ3n) is 6.57. The monoisotopic (exact) mass is 450 g/mol. The van der Waals surface area contributed by atoms with E-state index in [4.69, 9.17) is 4.74 Å². The molecule has 176 valence electrons. The fourth-order valence-electron chi connectivity index (χ4n) is 4.56. The second kappa shape index (κ2) is 11.8. The van der Waals surface area contributed by atoms with Crippen molar-refractivity contribution in [2.75, 3.05) is 38.0 Å². The molecule has 2 heterocycles. The van der Waals surface area contributed by atoms with Crippen LogP contribution in [0.2, 0.25) is 0 Å². The number of hydrogen-bond acceptors (Lipinski definition) is 5. The van der Waals surface area contributed by atoms with Crippen LogP contribution in [0.25, 0.3) is 0 Å². The summed E-state index contributed by atoms with van der Waals surface area (Å²) < 4.78 is 5.55. The summed E-state index contributed by atoms with van der Waals surface area (Å²) in [7, 11) is 0. The Labute approximate surface area is 196 Å². The van der Waals surface area contributed by atoms with Gasteiger partial charge >= 0.3 is 6.09 Å². The number of piperazine rings is 1. The maximum absolute atomic E-state index is 12.5.